The largest absolute Gasteiger partial charge is 0.370 e. The summed E-state index contributed by atoms with van der Waals surface area (Å²) in [6, 6.07) is 14.1. The summed E-state index contributed by atoms with van der Waals surface area (Å²) >= 11 is 0. The molecule has 0 aliphatic rings. The fourth-order valence-electron chi connectivity index (χ4n) is 2.11. The van der Waals surface area contributed by atoms with Crippen molar-refractivity contribution in [2.24, 2.45) is 0 Å². The maximum atomic E-state index is 13.1. The molecule has 104 valence electrons. The van der Waals surface area contributed by atoms with Gasteiger partial charge in [0.2, 0.25) is 0 Å². The third-order valence-corrected chi connectivity index (χ3v) is 3.26. The van der Waals surface area contributed by atoms with Gasteiger partial charge < -0.3 is 4.90 Å². The summed E-state index contributed by atoms with van der Waals surface area (Å²) in [4.78, 5) is 13.6. The standard InChI is InChI=1S/C17H18FNO/c1-3-17(20)14-7-9-16(10-8-14)19(2)12-13-5-4-6-15(18)11-13/h4-11H,3,12H2,1-2H3. The molecule has 0 spiro atoms. The first kappa shape index (κ1) is 14.3. The molecule has 2 aromatic rings. The number of ketones is 1. The van der Waals surface area contributed by atoms with Crippen LogP contribution in [0, 0.1) is 5.82 Å². The molecule has 0 N–H and O–H groups in total. The number of hydrogen-bond donors (Lipinski definition) is 0. The zero-order valence-electron chi connectivity index (χ0n) is 11.8. The lowest BCUT2D eigenvalue weighted by atomic mass is 10.1. The minimum Gasteiger partial charge on any atom is -0.370 e. The molecule has 0 aliphatic heterocycles. The van der Waals surface area contributed by atoms with Gasteiger partial charge in [0.15, 0.2) is 5.78 Å². The van der Waals surface area contributed by atoms with Gasteiger partial charge in [0.05, 0.1) is 0 Å². The molecule has 0 saturated heterocycles. The highest BCUT2D eigenvalue weighted by Crippen LogP contribution is 2.17. The third-order valence-electron chi connectivity index (χ3n) is 3.26. The van der Waals surface area contributed by atoms with Crippen LogP contribution in [-0.4, -0.2) is 12.8 Å². The van der Waals surface area contributed by atoms with Crippen LogP contribution < -0.4 is 4.90 Å². The first-order valence-corrected chi connectivity index (χ1v) is 6.69. The molecule has 0 aromatic heterocycles. The van der Waals surface area contributed by atoms with Gasteiger partial charge in [0.1, 0.15) is 5.82 Å². The van der Waals surface area contributed by atoms with Gasteiger partial charge in [-0.25, -0.2) is 4.39 Å². The first-order chi connectivity index (χ1) is 9.60. The molecule has 0 bridgehead atoms. The van der Waals surface area contributed by atoms with Crippen molar-refractivity contribution in [3.63, 3.8) is 0 Å². The highest BCUT2D eigenvalue weighted by atomic mass is 19.1. The van der Waals surface area contributed by atoms with E-state index in [-0.39, 0.29) is 11.6 Å². The fraction of sp³-hybridized carbons (Fsp3) is 0.235. The van der Waals surface area contributed by atoms with Crippen molar-refractivity contribution in [2.45, 2.75) is 19.9 Å². The zero-order chi connectivity index (χ0) is 14.5. The number of nitrogens with zero attached hydrogens (tertiary/aromatic N) is 1. The molecule has 0 radical (unpaired) electrons. The Kier molecular flexibility index (Phi) is 4.51. The Hall–Kier alpha value is -2.16. The summed E-state index contributed by atoms with van der Waals surface area (Å²) in [5.74, 6) is -0.0795. The third kappa shape index (κ3) is 3.44. The molecule has 0 heterocycles. The second-order valence-electron chi connectivity index (χ2n) is 4.81. The van der Waals surface area contributed by atoms with Gasteiger partial charge in [0.25, 0.3) is 0 Å². The van der Waals surface area contributed by atoms with Gasteiger partial charge in [-0.15, -0.1) is 0 Å². The van der Waals surface area contributed by atoms with Gasteiger partial charge in [-0.05, 0) is 42.0 Å². The van der Waals surface area contributed by atoms with E-state index >= 15 is 0 Å². The van der Waals surface area contributed by atoms with Crippen LogP contribution >= 0.6 is 0 Å². The van der Waals surface area contributed by atoms with E-state index in [4.69, 9.17) is 0 Å². The van der Waals surface area contributed by atoms with Crippen molar-refractivity contribution in [1.82, 2.24) is 0 Å². The van der Waals surface area contributed by atoms with Crippen LogP contribution in [0.15, 0.2) is 48.5 Å². The van der Waals surface area contributed by atoms with Crippen molar-refractivity contribution in [3.05, 3.63) is 65.5 Å². The van der Waals surface area contributed by atoms with Crippen molar-refractivity contribution in [1.29, 1.82) is 0 Å². The molecule has 0 fully saturated rings. The Bertz CT molecular complexity index is 592. The topological polar surface area (TPSA) is 20.3 Å². The van der Waals surface area contributed by atoms with Gasteiger partial charge in [-0.1, -0.05) is 19.1 Å². The molecule has 0 aliphatic carbocycles. The lowest BCUT2D eigenvalue weighted by molar-refractivity contribution is 0.0988. The van der Waals surface area contributed by atoms with Gasteiger partial charge in [-0.3, -0.25) is 4.79 Å². The Labute approximate surface area is 118 Å². The molecule has 2 rings (SSSR count). The predicted molar refractivity (Wildman–Crippen MR) is 79.6 cm³/mol. The maximum absolute atomic E-state index is 13.1. The minimum absolute atomic E-state index is 0.143. The normalized spacial score (nSPS) is 10.3. The monoisotopic (exact) mass is 271 g/mol. The Balaban J connectivity index is 2.09. The van der Waals surface area contributed by atoms with Crippen molar-refractivity contribution in [3.8, 4) is 0 Å². The molecule has 0 saturated carbocycles. The summed E-state index contributed by atoms with van der Waals surface area (Å²) in [6.07, 6.45) is 0.512. The molecule has 2 aromatic carbocycles. The second kappa shape index (κ2) is 6.33. The maximum Gasteiger partial charge on any atom is 0.162 e. The smallest absolute Gasteiger partial charge is 0.162 e. The Morgan fingerprint density at radius 1 is 1.15 bits per heavy atom. The number of rotatable bonds is 5. The lowest BCUT2D eigenvalue weighted by Crippen LogP contribution is -2.16. The summed E-state index contributed by atoms with van der Waals surface area (Å²) in [5, 5.41) is 0. The molecular formula is C17H18FNO. The lowest BCUT2D eigenvalue weighted by Gasteiger charge is -2.19. The zero-order valence-corrected chi connectivity index (χ0v) is 11.8. The van der Waals surface area contributed by atoms with Crippen LogP contribution in [0.5, 0.6) is 0 Å². The molecule has 0 atom stereocenters. The van der Waals surface area contributed by atoms with E-state index in [0.717, 1.165) is 16.8 Å². The first-order valence-electron chi connectivity index (χ1n) is 6.69. The molecule has 0 unspecified atom stereocenters. The van der Waals surface area contributed by atoms with E-state index in [0.29, 0.717) is 13.0 Å². The number of carbonyl (C=O) groups is 1. The minimum atomic E-state index is -0.222. The predicted octanol–water partition coefficient (Wildman–Crippen LogP) is 4.05. The summed E-state index contributed by atoms with van der Waals surface area (Å²) < 4.78 is 13.1. The second-order valence-corrected chi connectivity index (χ2v) is 4.81. The van der Waals surface area contributed by atoms with Crippen LogP contribution in [0.4, 0.5) is 10.1 Å². The highest BCUT2D eigenvalue weighted by Gasteiger charge is 2.06. The van der Waals surface area contributed by atoms with Crippen LogP contribution in [0.25, 0.3) is 0 Å². The summed E-state index contributed by atoms with van der Waals surface area (Å²) in [6.45, 7) is 2.48. The van der Waals surface area contributed by atoms with E-state index in [1.807, 2.05) is 49.2 Å². The number of halogens is 1. The van der Waals surface area contributed by atoms with E-state index in [1.165, 1.54) is 12.1 Å². The number of anilines is 1. The molecule has 20 heavy (non-hydrogen) atoms. The molecule has 3 heteroatoms. The molecule has 0 amide bonds. The molecule has 2 nitrogen and oxygen atoms in total. The Morgan fingerprint density at radius 2 is 1.85 bits per heavy atom. The van der Waals surface area contributed by atoms with Gasteiger partial charge in [-0.2, -0.15) is 0 Å². The molecular weight excluding hydrogens is 253 g/mol. The number of Topliss-reactive ketones (excluding diaryl/α,β-unsaturated/α-hetero) is 1. The van der Waals surface area contributed by atoms with Crippen molar-refractivity contribution >= 4 is 11.5 Å². The summed E-state index contributed by atoms with van der Waals surface area (Å²) in [7, 11) is 1.95. The summed E-state index contributed by atoms with van der Waals surface area (Å²) in [5.41, 5.74) is 2.65. The SMILES string of the molecule is CCC(=O)c1ccc(N(C)Cc2cccc(F)c2)cc1. The van der Waals surface area contributed by atoms with Gasteiger partial charge >= 0.3 is 0 Å². The average Bonchev–Trinajstić information content (AvgIpc) is 2.46. The van der Waals surface area contributed by atoms with E-state index in [2.05, 4.69) is 0 Å². The van der Waals surface area contributed by atoms with Crippen LogP contribution in [0.3, 0.4) is 0 Å². The number of hydrogen-bond acceptors (Lipinski definition) is 2. The van der Waals surface area contributed by atoms with Crippen LogP contribution in [0.2, 0.25) is 0 Å². The van der Waals surface area contributed by atoms with Crippen LogP contribution in [0.1, 0.15) is 29.3 Å². The number of benzene rings is 2. The van der Waals surface area contributed by atoms with Crippen molar-refractivity contribution < 1.29 is 9.18 Å². The van der Waals surface area contributed by atoms with E-state index in [1.54, 1.807) is 6.07 Å². The number of carbonyl (C=O) groups excluding carboxylic acids is 1. The highest BCUT2D eigenvalue weighted by molar-refractivity contribution is 5.96. The quantitative estimate of drug-likeness (QED) is 0.764. The van der Waals surface area contributed by atoms with Crippen LogP contribution in [-0.2, 0) is 6.54 Å². The fourth-order valence-corrected chi connectivity index (χ4v) is 2.11. The van der Waals surface area contributed by atoms with Crippen molar-refractivity contribution in [2.75, 3.05) is 11.9 Å². The van der Waals surface area contributed by atoms with E-state index < -0.39 is 0 Å². The average molecular weight is 271 g/mol. The Morgan fingerprint density at radius 3 is 2.45 bits per heavy atom. The van der Waals surface area contributed by atoms with E-state index in [9.17, 15) is 9.18 Å². The van der Waals surface area contributed by atoms with Gasteiger partial charge in [0, 0.05) is 31.3 Å².